The van der Waals surface area contributed by atoms with Crippen LogP contribution < -0.4 is 27.8 Å². The molecule has 4 atom stereocenters. The van der Waals surface area contributed by atoms with Gasteiger partial charge in [-0.3, -0.25) is 24.0 Å². The molecule has 0 bridgehead atoms. The van der Waals surface area contributed by atoms with Gasteiger partial charge in [0.1, 0.15) is 24.2 Å². The number of aliphatic carboxylic acids is 1. The van der Waals surface area contributed by atoms with Crippen molar-refractivity contribution in [2.45, 2.75) is 56.3 Å². The Morgan fingerprint density at radius 1 is 1.03 bits per heavy atom. The molecule has 0 aromatic rings. The Morgan fingerprint density at radius 2 is 1.68 bits per heavy atom. The lowest BCUT2D eigenvalue weighted by molar-refractivity contribution is -0.146. The molecule has 0 aromatic carbocycles. The number of carbonyl (C=O) groups is 6. The van der Waals surface area contributed by atoms with Crippen LogP contribution >= 0.6 is 0 Å². The van der Waals surface area contributed by atoms with Crippen LogP contribution in [0.1, 0.15) is 32.1 Å². The van der Waals surface area contributed by atoms with Gasteiger partial charge in [-0.2, -0.15) is 0 Å². The van der Waals surface area contributed by atoms with E-state index in [4.69, 9.17) is 27.4 Å². The van der Waals surface area contributed by atoms with E-state index < -0.39 is 72.7 Å². The van der Waals surface area contributed by atoms with Crippen LogP contribution in [0.15, 0.2) is 0 Å². The summed E-state index contributed by atoms with van der Waals surface area (Å²) in [7, 11) is 0. The average Bonchev–Trinajstić information content (AvgIpc) is 3.18. The van der Waals surface area contributed by atoms with Gasteiger partial charge < -0.3 is 42.9 Å². The van der Waals surface area contributed by atoms with E-state index in [1.54, 1.807) is 0 Å². The second-order valence-corrected chi connectivity index (χ2v) is 7.11. The first-order chi connectivity index (χ1) is 14.5. The molecule has 31 heavy (non-hydrogen) atoms. The molecule has 1 aliphatic rings. The number of aliphatic hydroxyl groups excluding tert-OH is 1. The van der Waals surface area contributed by atoms with E-state index in [-0.39, 0.29) is 25.8 Å². The summed E-state index contributed by atoms with van der Waals surface area (Å²) in [4.78, 5) is 72.2. The van der Waals surface area contributed by atoms with Crippen molar-refractivity contribution in [2.24, 2.45) is 17.2 Å². The molecule has 0 saturated carbocycles. The van der Waals surface area contributed by atoms with Crippen LogP contribution in [0.25, 0.3) is 0 Å². The summed E-state index contributed by atoms with van der Waals surface area (Å²) in [6.07, 6.45) is -0.396. The van der Waals surface area contributed by atoms with Crippen molar-refractivity contribution in [3.05, 3.63) is 0 Å². The van der Waals surface area contributed by atoms with E-state index >= 15 is 0 Å². The minimum absolute atomic E-state index is 0.138. The minimum atomic E-state index is -1.56. The van der Waals surface area contributed by atoms with Crippen LogP contribution in [0.3, 0.4) is 0 Å². The van der Waals surface area contributed by atoms with Gasteiger partial charge in [-0.15, -0.1) is 0 Å². The van der Waals surface area contributed by atoms with Crippen molar-refractivity contribution >= 4 is 35.5 Å². The summed E-state index contributed by atoms with van der Waals surface area (Å²) in [5.74, 6) is -5.44. The second kappa shape index (κ2) is 11.8. The number of nitrogens with zero attached hydrogens (tertiary/aromatic N) is 1. The van der Waals surface area contributed by atoms with E-state index in [9.17, 15) is 28.8 Å². The summed E-state index contributed by atoms with van der Waals surface area (Å²) in [5.41, 5.74) is 15.5. The van der Waals surface area contributed by atoms with E-state index in [0.717, 1.165) is 4.90 Å². The number of nitrogens with one attached hydrogen (secondary N) is 2. The molecule has 4 unspecified atom stereocenters. The normalized spacial score (nSPS) is 18.5. The molecule has 1 saturated heterocycles. The molecule has 0 radical (unpaired) electrons. The zero-order valence-corrected chi connectivity index (χ0v) is 16.8. The van der Waals surface area contributed by atoms with Gasteiger partial charge in [0.15, 0.2) is 0 Å². The lowest BCUT2D eigenvalue weighted by Crippen LogP contribution is -2.57. The van der Waals surface area contributed by atoms with E-state index in [0.29, 0.717) is 6.42 Å². The molecule has 1 aliphatic heterocycles. The molecule has 0 spiro atoms. The topological polar surface area (TPSA) is 248 Å². The number of nitrogens with two attached hydrogens (primary N) is 3. The molecule has 1 heterocycles. The van der Waals surface area contributed by atoms with Gasteiger partial charge >= 0.3 is 5.97 Å². The summed E-state index contributed by atoms with van der Waals surface area (Å²) >= 11 is 0. The minimum Gasteiger partial charge on any atom is -0.480 e. The lowest BCUT2D eigenvalue weighted by Gasteiger charge is -2.29. The Kier molecular flexibility index (Phi) is 9.82. The van der Waals surface area contributed by atoms with E-state index in [2.05, 4.69) is 10.6 Å². The fourth-order valence-corrected chi connectivity index (χ4v) is 3.08. The number of likely N-dealkylation sites (tertiary alicyclic amines) is 1. The smallest absolute Gasteiger partial charge is 0.326 e. The van der Waals surface area contributed by atoms with Crippen molar-refractivity contribution in [3.63, 3.8) is 0 Å². The Balaban J connectivity index is 2.97. The molecule has 1 fully saturated rings. The molecule has 1 rings (SSSR count). The zero-order chi connectivity index (χ0) is 23.7. The van der Waals surface area contributed by atoms with Crippen LogP contribution in [0.4, 0.5) is 0 Å². The fourth-order valence-electron chi connectivity index (χ4n) is 3.08. The zero-order valence-electron chi connectivity index (χ0n) is 16.8. The van der Waals surface area contributed by atoms with Gasteiger partial charge in [-0.05, 0) is 19.3 Å². The lowest BCUT2D eigenvalue weighted by atomic mass is 10.1. The summed E-state index contributed by atoms with van der Waals surface area (Å²) in [6, 6.07) is -5.16. The molecular weight excluding hydrogens is 416 g/mol. The molecule has 10 N–H and O–H groups in total. The summed E-state index contributed by atoms with van der Waals surface area (Å²) in [6.45, 7) is -0.535. The third-order valence-corrected chi connectivity index (χ3v) is 4.69. The van der Waals surface area contributed by atoms with Gasteiger partial charge in [-0.1, -0.05) is 0 Å². The number of carboxylic acids is 1. The predicted octanol–water partition coefficient (Wildman–Crippen LogP) is -4.51. The number of rotatable bonds is 12. The van der Waals surface area contributed by atoms with Crippen molar-refractivity contribution in [1.82, 2.24) is 15.5 Å². The van der Waals surface area contributed by atoms with Crippen LogP contribution in [0.5, 0.6) is 0 Å². The average molecular weight is 444 g/mol. The number of carboxylic acid groups (broad SMARTS) is 1. The molecule has 0 aliphatic carbocycles. The highest BCUT2D eigenvalue weighted by Gasteiger charge is 2.39. The maximum Gasteiger partial charge on any atom is 0.326 e. The first kappa shape index (κ1) is 25.8. The maximum absolute atomic E-state index is 13.0. The Morgan fingerprint density at radius 3 is 2.19 bits per heavy atom. The second-order valence-electron chi connectivity index (χ2n) is 7.11. The first-order valence-electron chi connectivity index (χ1n) is 9.55. The Labute approximate surface area is 177 Å². The number of hydrogen-bond acceptors (Lipinski definition) is 8. The number of primary amides is 2. The maximum atomic E-state index is 13.0. The summed E-state index contributed by atoms with van der Waals surface area (Å²) in [5, 5.41) is 22.7. The van der Waals surface area contributed by atoms with Gasteiger partial charge in [0.2, 0.25) is 29.5 Å². The van der Waals surface area contributed by atoms with Gasteiger partial charge in [-0.25, -0.2) is 4.79 Å². The molecule has 5 amide bonds. The SMILES string of the molecule is NC(=O)CCC(NC(=O)C(N)CO)C(=O)N1CCCC1C(=O)NC(CC(N)=O)C(=O)O. The highest BCUT2D eigenvalue weighted by atomic mass is 16.4. The van der Waals surface area contributed by atoms with Crippen molar-refractivity contribution in [1.29, 1.82) is 0 Å². The Bertz CT molecular complexity index is 729. The van der Waals surface area contributed by atoms with Gasteiger partial charge in [0, 0.05) is 13.0 Å². The van der Waals surface area contributed by atoms with Gasteiger partial charge in [0.05, 0.1) is 13.0 Å². The highest BCUT2D eigenvalue weighted by Crippen LogP contribution is 2.20. The van der Waals surface area contributed by atoms with Crippen LogP contribution in [-0.2, 0) is 28.8 Å². The summed E-state index contributed by atoms with van der Waals surface area (Å²) < 4.78 is 0. The van der Waals surface area contributed by atoms with Crippen molar-refractivity contribution in [2.75, 3.05) is 13.2 Å². The third-order valence-electron chi connectivity index (χ3n) is 4.69. The third kappa shape index (κ3) is 7.82. The number of carbonyl (C=O) groups excluding carboxylic acids is 5. The standard InChI is InChI=1S/C17H28N6O8/c18-8(7-24)14(27)21-9(3-4-12(19)25)16(29)23-5-1-2-11(23)15(28)22-10(17(30)31)6-13(20)26/h8-11,24H,1-7,18H2,(H2,19,25)(H2,20,26)(H,21,27)(H,22,28)(H,30,31). The highest BCUT2D eigenvalue weighted by molar-refractivity contribution is 5.95. The van der Waals surface area contributed by atoms with Crippen molar-refractivity contribution < 1.29 is 39.0 Å². The van der Waals surface area contributed by atoms with Crippen LogP contribution in [0, 0.1) is 0 Å². The number of aliphatic hydroxyl groups is 1. The molecule has 174 valence electrons. The molecular formula is C17H28N6O8. The fraction of sp³-hybridized carbons (Fsp3) is 0.647. The number of hydrogen-bond donors (Lipinski definition) is 7. The first-order valence-corrected chi connectivity index (χ1v) is 9.55. The quantitative estimate of drug-likeness (QED) is 0.153. The van der Waals surface area contributed by atoms with Crippen LogP contribution in [-0.4, -0.2) is 87.9 Å². The van der Waals surface area contributed by atoms with E-state index in [1.807, 2.05) is 0 Å². The molecule has 14 heteroatoms. The largest absolute Gasteiger partial charge is 0.480 e. The Hall–Kier alpha value is -3.26. The van der Waals surface area contributed by atoms with Gasteiger partial charge in [0.25, 0.3) is 0 Å². The van der Waals surface area contributed by atoms with E-state index in [1.165, 1.54) is 0 Å². The monoisotopic (exact) mass is 444 g/mol. The molecule has 14 nitrogen and oxygen atoms in total. The van der Waals surface area contributed by atoms with Crippen LogP contribution in [0.2, 0.25) is 0 Å². The predicted molar refractivity (Wildman–Crippen MR) is 104 cm³/mol. The number of amides is 5. The molecule has 0 aromatic heterocycles. The van der Waals surface area contributed by atoms with Crippen molar-refractivity contribution in [3.8, 4) is 0 Å².